The van der Waals surface area contributed by atoms with Crippen molar-refractivity contribution in [2.45, 2.75) is 39.7 Å². The fourth-order valence-electron chi connectivity index (χ4n) is 5.81. The Hall–Kier alpha value is -3.65. The zero-order chi connectivity index (χ0) is 27.4. The second kappa shape index (κ2) is 11.6. The van der Waals surface area contributed by atoms with E-state index in [4.69, 9.17) is 14.2 Å². The first kappa shape index (κ1) is 26.9. The normalized spacial score (nSPS) is 17.0. The van der Waals surface area contributed by atoms with Crippen LogP contribution in [0.25, 0.3) is 11.1 Å². The van der Waals surface area contributed by atoms with E-state index < -0.39 is 0 Å². The van der Waals surface area contributed by atoms with E-state index in [9.17, 15) is 9.18 Å². The minimum Gasteiger partial charge on any atom is -0.493 e. The number of hydrogen-bond acceptors (Lipinski definition) is 6. The third-order valence-corrected chi connectivity index (χ3v) is 7.74. The molecule has 2 aromatic carbocycles. The van der Waals surface area contributed by atoms with Crippen molar-refractivity contribution in [3.05, 3.63) is 66.1 Å². The molecule has 1 amide bonds. The molecule has 2 aliphatic heterocycles. The molecule has 0 atom stereocenters. The van der Waals surface area contributed by atoms with Crippen LogP contribution in [0, 0.1) is 11.2 Å². The highest BCUT2D eigenvalue weighted by Crippen LogP contribution is 2.45. The first-order valence-electron chi connectivity index (χ1n) is 13.7. The van der Waals surface area contributed by atoms with Crippen LogP contribution in [-0.2, 0) is 11.3 Å². The third-order valence-electron chi connectivity index (χ3n) is 7.74. The van der Waals surface area contributed by atoms with E-state index in [0.29, 0.717) is 32.1 Å². The average molecular weight is 534 g/mol. The fraction of sp³-hybridized carbons (Fsp3) is 0.419. The van der Waals surface area contributed by atoms with Gasteiger partial charge in [-0.3, -0.25) is 9.69 Å². The molecule has 2 aliphatic rings. The monoisotopic (exact) mass is 533 g/mol. The Morgan fingerprint density at radius 1 is 1.00 bits per heavy atom. The largest absolute Gasteiger partial charge is 0.493 e. The Morgan fingerprint density at radius 3 is 2.28 bits per heavy atom. The Labute approximate surface area is 229 Å². The van der Waals surface area contributed by atoms with Crippen molar-refractivity contribution in [1.29, 1.82) is 0 Å². The van der Waals surface area contributed by atoms with Gasteiger partial charge >= 0.3 is 0 Å². The summed E-state index contributed by atoms with van der Waals surface area (Å²) in [6, 6.07) is 14.3. The van der Waals surface area contributed by atoms with Gasteiger partial charge in [-0.1, -0.05) is 12.1 Å². The summed E-state index contributed by atoms with van der Waals surface area (Å²) in [5.41, 5.74) is 3.52. The molecule has 8 heteroatoms. The Kier molecular flexibility index (Phi) is 8.02. The van der Waals surface area contributed by atoms with Gasteiger partial charge in [-0.15, -0.1) is 0 Å². The molecule has 206 valence electrons. The highest BCUT2D eigenvalue weighted by molar-refractivity contribution is 5.97. The number of aromatic nitrogens is 1. The van der Waals surface area contributed by atoms with Crippen LogP contribution in [0.2, 0.25) is 0 Å². The lowest BCUT2D eigenvalue weighted by Crippen LogP contribution is -2.41. The minimum absolute atomic E-state index is 0.0339. The van der Waals surface area contributed by atoms with Gasteiger partial charge in [0.05, 0.1) is 25.9 Å². The minimum atomic E-state index is -0.277. The molecule has 1 spiro atoms. The van der Waals surface area contributed by atoms with Gasteiger partial charge in [-0.2, -0.15) is 0 Å². The number of halogens is 1. The van der Waals surface area contributed by atoms with Crippen molar-refractivity contribution >= 4 is 11.6 Å². The van der Waals surface area contributed by atoms with Crippen molar-refractivity contribution < 1.29 is 23.4 Å². The van der Waals surface area contributed by atoms with E-state index in [0.717, 1.165) is 66.4 Å². The summed E-state index contributed by atoms with van der Waals surface area (Å²) in [4.78, 5) is 21.6. The van der Waals surface area contributed by atoms with Gasteiger partial charge in [-0.05, 0) is 92.7 Å². The Bertz CT molecular complexity index is 1280. The number of anilines is 1. The molecule has 3 aromatic rings. The summed E-state index contributed by atoms with van der Waals surface area (Å²) in [7, 11) is 1.58. The van der Waals surface area contributed by atoms with E-state index >= 15 is 0 Å². The quantitative estimate of drug-likeness (QED) is 0.351. The summed E-state index contributed by atoms with van der Waals surface area (Å²) >= 11 is 0. The number of carbonyl (C=O) groups excluding carboxylic acids is 1. The number of carbonyl (C=O) groups is 1. The number of piperidine rings is 1. The topological polar surface area (TPSA) is 64.1 Å². The molecule has 2 fully saturated rings. The van der Waals surface area contributed by atoms with Crippen LogP contribution >= 0.6 is 0 Å². The van der Waals surface area contributed by atoms with E-state index in [2.05, 4.69) is 22.0 Å². The first-order valence-corrected chi connectivity index (χ1v) is 13.7. The van der Waals surface area contributed by atoms with Gasteiger partial charge in [0.2, 0.25) is 11.8 Å². The molecule has 1 aromatic heterocycles. The van der Waals surface area contributed by atoms with Gasteiger partial charge in [0.1, 0.15) is 23.0 Å². The highest BCUT2D eigenvalue weighted by atomic mass is 19.1. The number of methoxy groups -OCH3 is 1. The van der Waals surface area contributed by atoms with Gasteiger partial charge in [0.25, 0.3) is 0 Å². The van der Waals surface area contributed by atoms with Crippen molar-refractivity contribution in [1.82, 2.24) is 9.88 Å². The second-order valence-electron chi connectivity index (χ2n) is 10.3. The molecule has 39 heavy (non-hydrogen) atoms. The molecule has 3 heterocycles. The standard InChI is InChI=1S/C31H36FN3O4/c1-4-38-26-17-22(18-27(39-5-2)29(26)23-8-10-24(32)11-9-23)20-34-15-12-31(13-16-34)19-28(36)35(21-31)25-7-6-14-33-30(25)37-3/h6-11,14,17-18H,4-5,12-13,15-16,19-21H2,1-3H3. The molecule has 2 saturated heterocycles. The van der Waals surface area contributed by atoms with Gasteiger partial charge < -0.3 is 19.1 Å². The zero-order valence-corrected chi connectivity index (χ0v) is 22.9. The SMILES string of the molecule is CCOc1cc(CN2CCC3(CC2)CC(=O)N(c2cccnc2OC)C3)cc(OCC)c1-c1ccc(F)cc1. The number of rotatable bonds is 9. The number of ether oxygens (including phenoxy) is 3. The maximum Gasteiger partial charge on any atom is 0.237 e. The lowest BCUT2D eigenvalue weighted by atomic mass is 9.77. The lowest BCUT2D eigenvalue weighted by Gasteiger charge is -2.39. The Balaban J connectivity index is 1.31. The van der Waals surface area contributed by atoms with Crippen molar-refractivity contribution in [3.8, 4) is 28.5 Å². The lowest BCUT2D eigenvalue weighted by molar-refractivity contribution is -0.118. The zero-order valence-electron chi connectivity index (χ0n) is 22.9. The van der Waals surface area contributed by atoms with Crippen LogP contribution in [0.4, 0.5) is 10.1 Å². The smallest absolute Gasteiger partial charge is 0.237 e. The van der Waals surface area contributed by atoms with Crippen molar-refractivity contribution in [2.24, 2.45) is 5.41 Å². The first-order chi connectivity index (χ1) is 18.9. The fourth-order valence-corrected chi connectivity index (χ4v) is 5.81. The van der Waals surface area contributed by atoms with E-state index in [1.165, 1.54) is 12.1 Å². The number of hydrogen-bond donors (Lipinski definition) is 0. The van der Waals surface area contributed by atoms with Gasteiger partial charge in [0.15, 0.2) is 0 Å². The van der Waals surface area contributed by atoms with Crippen molar-refractivity contribution in [2.75, 3.05) is 44.9 Å². The molecular formula is C31H36FN3O4. The summed E-state index contributed by atoms with van der Waals surface area (Å²) in [6.45, 7) is 8.20. The molecule has 0 bridgehead atoms. The molecule has 5 rings (SSSR count). The average Bonchev–Trinajstić information content (AvgIpc) is 3.26. The van der Waals surface area contributed by atoms with Crippen LogP contribution in [0.5, 0.6) is 17.4 Å². The number of pyridine rings is 1. The van der Waals surface area contributed by atoms with Gasteiger partial charge in [-0.25, -0.2) is 9.37 Å². The molecule has 0 aliphatic carbocycles. The summed E-state index contributed by atoms with van der Waals surface area (Å²) in [6.07, 6.45) is 4.12. The number of likely N-dealkylation sites (tertiary alicyclic amines) is 1. The van der Waals surface area contributed by atoms with E-state index in [1.807, 2.05) is 30.9 Å². The van der Waals surface area contributed by atoms with E-state index in [-0.39, 0.29) is 17.1 Å². The van der Waals surface area contributed by atoms with Crippen LogP contribution in [-0.4, -0.2) is 55.7 Å². The molecule has 0 unspecified atom stereocenters. The second-order valence-corrected chi connectivity index (χ2v) is 10.3. The number of benzene rings is 2. The highest BCUT2D eigenvalue weighted by Gasteiger charge is 2.46. The summed E-state index contributed by atoms with van der Waals surface area (Å²) in [5.74, 6) is 1.82. The predicted molar refractivity (Wildman–Crippen MR) is 149 cm³/mol. The molecule has 0 saturated carbocycles. The molecule has 7 nitrogen and oxygen atoms in total. The maximum absolute atomic E-state index is 13.6. The molecular weight excluding hydrogens is 497 g/mol. The molecule has 0 radical (unpaired) electrons. The summed E-state index contributed by atoms with van der Waals surface area (Å²) in [5, 5.41) is 0. The maximum atomic E-state index is 13.6. The predicted octanol–water partition coefficient (Wildman–Crippen LogP) is 5.71. The number of amides is 1. The van der Waals surface area contributed by atoms with Crippen molar-refractivity contribution in [3.63, 3.8) is 0 Å². The third kappa shape index (κ3) is 5.71. The van der Waals surface area contributed by atoms with Gasteiger partial charge in [0, 0.05) is 25.7 Å². The number of nitrogens with zero attached hydrogens (tertiary/aromatic N) is 3. The van der Waals surface area contributed by atoms with Crippen LogP contribution in [0.15, 0.2) is 54.7 Å². The molecule has 0 N–H and O–H groups in total. The van der Waals surface area contributed by atoms with E-state index in [1.54, 1.807) is 25.4 Å². The van der Waals surface area contributed by atoms with Crippen LogP contribution < -0.4 is 19.1 Å². The Morgan fingerprint density at radius 2 is 1.67 bits per heavy atom. The summed E-state index contributed by atoms with van der Waals surface area (Å²) < 4.78 is 31.1. The van der Waals surface area contributed by atoms with Crippen LogP contribution in [0.1, 0.15) is 38.7 Å². The van der Waals surface area contributed by atoms with Crippen LogP contribution in [0.3, 0.4) is 0 Å².